The fraction of sp³-hybridized carbons (Fsp3) is 1.00. The summed E-state index contributed by atoms with van der Waals surface area (Å²) in [7, 11) is 0. The van der Waals surface area contributed by atoms with Crippen LogP contribution in [0.1, 0.15) is 98.8 Å². The van der Waals surface area contributed by atoms with E-state index in [1.807, 2.05) is 0 Å². The molecular formula is C25H46O2. The van der Waals surface area contributed by atoms with Crippen LogP contribution < -0.4 is 0 Å². The summed E-state index contributed by atoms with van der Waals surface area (Å²) in [6.45, 7) is 12.1. The Morgan fingerprint density at radius 2 is 1.74 bits per heavy atom. The van der Waals surface area contributed by atoms with Gasteiger partial charge in [-0.15, -0.1) is 0 Å². The predicted octanol–water partition coefficient (Wildman–Crippen LogP) is 6.05. The van der Waals surface area contributed by atoms with Gasteiger partial charge in [-0.1, -0.05) is 53.9 Å². The van der Waals surface area contributed by atoms with Crippen LogP contribution in [0, 0.1) is 46.8 Å². The third-order valence-corrected chi connectivity index (χ3v) is 9.66. The molecule has 3 aliphatic carbocycles. The average Bonchev–Trinajstić information content (AvgIpc) is 2.66. The van der Waals surface area contributed by atoms with Gasteiger partial charge in [-0.3, -0.25) is 0 Å². The summed E-state index contributed by atoms with van der Waals surface area (Å²) in [5, 5.41) is 21.6. The molecule has 27 heavy (non-hydrogen) atoms. The maximum Gasteiger partial charge on any atom is 0.0571 e. The topological polar surface area (TPSA) is 40.5 Å². The zero-order valence-corrected chi connectivity index (χ0v) is 18.7. The Balaban J connectivity index is 1.85. The first kappa shape index (κ1) is 21.6. The number of aliphatic hydroxyl groups excluding tert-OH is 2. The van der Waals surface area contributed by atoms with E-state index in [2.05, 4.69) is 34.6 Å². The van der Waals surface area contributed by atoms with E-state index >= 15 is 0 Å². The van der Waals surface area contributed by atoms with Crippen LogP contribution in [-0.4, -0.2) is 22.4 Å². The van der Waals surface area contributed by atoms with Crippen molar-refractivity contribution in [1.29, 1.82) is 0 Å². The lowest BCUT2D eigenvalue weighted by Crippen LogP contribution is -2.50. The number of fused-ring (bicyclic) bond motifs is 3. The van der Waals surface area contributed by atoms with Gasteiger partial charge in [0.05, 0.1) is 12.2 Å². The lowest BCUT2D eigenvalue weighted by atomic mass is 9.49. The highest BCUT2D eigenvalue weighted by Crippen LogP contribution is 2.59. The second kappa shape index (κ2) is 8.74. The molecule has 0 bridgehead atoms. The van der Waals surface area contributed by atoms with Gasteiger partial charge in [0, 0.05) is 0 Å². The monoisotopic (exact) mass is 378 g/mol. The first-order valence-electron chi connectivity index (χ1n) is 12.1. The van der Waals surface area contributed by atoms with E-state index in [0.29, 0.717) is 29.1 Å². The smallest absolute Gasteiger partial charge is 0.0571 e. The average molecular weight is 379 g/mol. The van der Waals surface area contributed by atoms with Crippen LogP contribution in [0.15, 0.2) is 0 Å². The van der Waals surface area contributed by atoms with E-state index in [1.54, 1.807) is 0 Å². The zero-order chi connectivity index (χ0) is 19.8. The molecule has 3 saturated carbocycles. The molecule has 3 rings (SSSR count). The molecule has 0 spiro atoms. The number of hydrogen-bond acceptors (Lipinski definition) is 2. The van der Waals surface area contributed by atoms with Crippen LogP contribution in [0.5, 0.6) is 0 Å². The SMILES string of the molecule is CCCC(C)C1CC[C@H](C)C2CCC3C[C@H](O)CCC3(C)[C@H]2C[C@H](O)C1C. The summed E-state index contributed by atoms with van der Waals surface area (Å²) < 4.78 is 0. The summed E-state index contributed by atoms with van der Waals surface area (Å²) in [4.78, 5) is 0. The Labute approximate surface area is 168 Å². The molecule has 2 N–H and O–H groups in total. The molecule has 3 aliphatic rings. The maximum absolute atomic E-state index is 11.3. The van der Waals surface area contributed by atoms with Crippen molar-refractivity contribution in [3.8, 4) is 0 Å². The van der Waals surface area contributed by atoms with Gasteiger partial charge in [0.1, 0.15) is 0 Å². The molecule has 10 atom stereocenters. The molecule has 2 heteroatoms. The summed E-state index contributed by atoms with van der Waals surface area (Å²) in [6.07, 6.45) is 11.6. The zero-order valence-electron chi connectivity index (χ0n) is 18.7. The van der Waals surface area contributed by atoms with E-state index in [0.717, 1.165) is 43.4 Å². The van der Waals surface area contributed by atoms with Crippen molar-refractivity contribution in [3.05, 3.63) is 0 Å². The van der Waals surface area contributed by atoms with Gasteiger partial charge >= 0.3 is 0 Å². The standard InChI is InChI=1S/C25H46O2/c1-6-7-16(2)21-10-8-17(3)22-11-9-19-14-20(26)12-13-25(19,5)23(22)15-24(27)18(21)4/h16-24,26-27H,6-15H2,1-5H3/t16?,17-,18?,19?,20+,21?,22?,23-,24-,25?/m0/s1. The van der Waals surface area contributed by atoms with Crippen molar-refractivity contribution in [3.63, 3.8) is 0 Å². The Morgan fingerprint density at radius 1 is 1.00 bits per heavy atom. The fourth-order valence-corrected chi connectivity index (χ4v) is 7.71. The summed E-state index contributed by atoms with van der Waals surface area (Å²) >= 11 is 0. The molecule has 0 radical (unpaired) electrons. The van der Waals surface area contributed by atoms with Crippen LogP contribution in [0.25, 0.3) is 0 Å². The molecule has 0 heterocycles. The number of aliphatic hydroxyl groups is 2. The van der Waals surface area contributed by atoms with Gasteiger partial charge in [0.15, 0.2) is 0 Å². The molecular weight excluding hydrogens is 332 g/mol. The van der Waals surface area contributed by atoms with E-state index in [1.165, 1.54) is 38.5 Å². The van der Waals surface area contributed by atoms with Crippen LogP contribution in [0.4, 0.5) is 0 Å². The van der Waals surface area contributed by atoms with Crippen LogP contribution >= 0.6 is 0 Å². The molecule has 0 aromatic carbocycles. The van der Waals surface area contributed by atoms with E-state index in [-0.39, 0.29) is 12.2 Å². The largest absolute Gasteiger partial charge is 0.393 e. The van der Waals surface area contributed by atoms with Gasteiger partial charge < -0.3 is 10.2 Å². The molecule has 6 unspecified atom stereocenters. The van der Waals surface area contributed by atoms with Crippen LogP contribution in [-0.2, 0) is 0 Å². The van der Waals surface area contributed by atoms with Crippen molar-refractivity contribution in [2.45, 2.75) is 111 Å². The normalized spacial score (nSPS) is 49.9. The number of hydrogen-bond donors (Lipinski definition) is 2. The Morgan fingerprint density at radius 3 is 2.44 bits per heavy atom. The minimum absolute atomic E-state index is 0.0866. The predicted molar refractivity (Wildman–Crippen MR) is 113 cm³/mol. The second-order valence-corrected chi connectivity index (χ2v) is 11.1. The third-order valence-electron chi connectivity index (χ3n) is 9.66. The second-order valence-electron chi connectivity index (χ2n) is 11.1. The molecule has 3 fully saturated rings. The maximum atomic E-state index is 11.3. The van der Waals surface area contributed by atoms with Gasteiger partial charge in [-0.25, -0.2) is 0 Å². The third kappa shape index (κ3) is 4.27. The summed E-state index contributed by atoms with van der Waals surface area (Å²) in [5.74, 6) is 4.64. The highest BCUT2D eigenvalue weighted by molar-refractivity contribution is 5.02. The van der Waals surface area contributed by atoms with E-state index < -0.39 is 0 Å². The van der Waals surface area contributed by atoms with Crippen LogP contribution in [0.2, 0.25) is 0 Å². The van der Waals surface area contributed by atoms with Crippen molar-refractivity contribution in [1.82, 2.24) is 0 Å². The van der Waals surface area contributed by atoms with Crippen LogP contribution in [0.3, 0.4) is 0 Å². The van der Waals surface area contributed by atoms with E-state index in [4.69, 9.17) is 0 Å². The molecule has 0 aromatic heterocycles. The molecule has 0 saturated heterocycles. The quantitative estimate of drug-likeness (QED) is 0.627. The minimum atomic E-state index is -0.158. The van der Waals surface area contributed by atoms with Crippen molar-refractivity contribution in [2.75, 3.05) is 0 Å². The van der Waals surface area contributed by atoms with Gasteiger partial charge in [0.25, 0.3) is 0 Å². The fourth-order valence-electron chi connectivity index (χ4n) is 7.71. The lowest BCUT2D eigenvalue weighted by molar-refractivity contribution is -0.0991. The molecule has 0 aliphatic heterocycles. The Hall–Kier alpha value is -0.0800. The van der Waals surface area contributed by atoms with Crippen molar-refractivity contribution < 1.29 is 10.2 Å². The van der Waals surface area contributed by atoms with Crippen molar-refractivity contribution >= 4 is 0 Å². The van der Waals surface area contributed by atoms with Gasteiger partial charge in [-0.2, -0.15) is 0 Å². The Bertz CT molecular complexity index is 477. The summed E-state index contributed by atoms with van der Waals surface area (Å²) in [6, 6.07) is 0. The van der Waals surface area contributed by atoms with E-state index in [9.17, 15) is 10.2 Å². The summed E-state index contributed by atoms with van der Waals surface area (Å²) in [5.41, 5.74) is 0.325. The minimum Gasteiger partial charge on any atom is -0.393 e. The highest BCUT2D eigenvalue weighted by atomic mass is 16.3. The molecule has 0 aromatic rings. The van der Waals surface area contributed by atoms with Gasteiger partial charge in [0.2, 0.25) is 0 Å². The molecule has 158 valence electrons. The highest BCUT2D eigenvalue weighted by Gasteiger charge is 2.52. The van der Waals surface area contributed by atoms with Gasteiger partial charge in [-0.05, 0) is 91.8 Å². The Kier molecular flexibility index (Phi) is 7.00. The number of rotatable bonds is 3. The lowest BCUT2D eigenvalue weighted by Gasteiger charge is -2.56. The van der Waals surface area contributed by atoms with Crippen molar-refractivity contribution in [2.24, 2.45) is 46.8 Å². The molecule has 2 nitrogen and oxygen atoms in total. The first-order valence-corrected chi connectivity index (χ1v) is 12.1. The first-order chi connectivity index (χ1) is 12.8. The molecule has 0 amide bonds.